The van der Waals surface area contributed by atoms with Gasteiger partial charge in [-0.25, -0.2) is 4.52 Å². The summed E-state index contributed by atoms with van der Waals surface area (Å²) in [7, 11) is 0. The number of aromatic nitrogens is 4. The van der Waals surface area contributed by atoms with Crippen molar-refractivity contribution in [3.8, 4) is 0 Å². The lowest BCUT2D eigenvalue weighted by Crippen LogP contribution is -2.23. The third kappa shape index (κ3) is 2.15. The van der Waals surface area contributed by atoms with E-state index in [1.807, 2.05) is 6.07 Å². The maximum atomic E-state index is 11.3. The number of nitrogens with zero attached hydrogens (tertiary/aromatic N) is 4. The van der Waals surface area contributed by atoms with E-state index in [1.165, 1.54) is 0 Å². The third-order valence-corrected chi connectivity index (χ3v) is 3.70. The monoisotopic (exact) mass is 274 g/mol. The zero-order valence-corrected chi connectivity index (χ0v) is 11.7. The largest absolute Gasteiger partial charge is 0.481 e. The Morgan fingerprint density at radius 3 is 3.00 bits per heavy atom. The van der Waals surface area contributed by atoms with E-state index in [-0.39, 0.29) is 0 Å². The number of hydrogen-bond acceptors (Lipinski definition) is 4. The third-order valence-electron chi connectivity index (χ3n) is 3.70. The molecule has 0 fully saturated rings. The molecule has 0 saturated heterocycles. The number of hydrogen-bond donors (Lipinski definition) is 1. The summed E-state index contributed by atoms with van der Waals surface area (Å²) in [6.07, 6.45) is 3.18. The Kier molecular flexibility index (Phi) is 3.16. The van der Waals surface area contributed by atoms with Crippen LogP contribution in [-0.2, 0) is 17.6 Å². The number of fused-ring (bicyclic) bond motifs is 3. The second kappa shape index (κ2) is 4.85. The maximum absolute atomic E-state index is 11.3. The number of carboxylic acids is 1. The van der Waals surface area contributed by atoms with Crippen molar-refractivity contribution < 1.29 is 9.90 Å². The summed E-state index contributed by atoms with van der Waals surface area (Å²) in [5.74, 6) is -0.849. The summed E-state index contributed by atoms with van der Waals surface area (Å²) in [5, 5.41) is 22.2. The first-order valence-electron chi connectivity index (χ1n) is 7.03. The van der Waals surface area contributed by atoms with Crippen LogP contribution in [0.2, 0.25) is 0 Å². The molecule has 0 spiro atoms. The van der Waals surface area contributed by atoms with Crippen LogP contribution in [0.5, 0.6) is 0 Å². The van der Waals surface area contributed by atoms with E-state index in [0.717, 1.165) is 30.7 Å². The van der Waals surface area contributed by atoms with Crippen molar-refractivity contribution in [2.45, 2.75) is 45.4 Å². The first-order chi connectivity index (χ1) is 9.56. The molecule has 1 unspecified atom stereocenters. The molecular weight excluding hydrogens is 256 g/mol. The smallest absolute Gasteiger partial charge is 0.312 e. The van der Waals surface area contributed by atoms with Gasteiger partial charge in [0.25, 0.3) is 0 Å². The highest BCUT2D eigenvalue weighted by molar-refractivity contribution is 5.76. The molecule has 0 aromatic carbocycles. The van der Waals surface area contributed by atoms with E-state index in [0.29, 0.717) is 23.7 Å². The predicted octanol–water partition coefficient (Wildman–Crippen LogP) is 1.83. The molecule has 0 radical (unpaired) electrons. The number of carbonyl (C=O) groups is 1. The minimum Gasteiger partial charge on any atom is -0.481 e. The highest BCUT2D eigenvalue weighted by Crippen LogP contribution is 2.30. The van der Waals surface area contributed by atoms with Gasteiger partial charge < -0.3 is 5.11 Å². The Morgan fingerprint density at radius 1 is 1.50 bits per heavy atom. The van der Waals surface area contributed by atoms with Gasteiger partial charge in [-0.2, -0.15) is 10.2 Å². The Bertz CT molecular complexity index is 662. The van der Waals surface area contributed by atoms with E-state index in [9.17, 15) is 9.90 Å². The van der Waals surface area contributed by atoms with Crippen molar-refractivity contribution in [2.24, 2.45) is 5.92 Å². The normalized spacial score (nSPS) is 18.4. The highest BCUT2D eigenvalue weighted by Gasteiger charge is 2.30. The van der Waals surface area contributed by atoms with Crippen LogP contribution in [0.15, 0.2) is 6.07 Å². The summed E-state index contributed by atoms with van der Waals surface area (Å²) < 4.78 is 1.79. The van der Waals surface area contributed by atoms with Crippen LogP contribution in [0.3, 0.4) is 0 Å². The molecule has 6 heteroatoms. The molecule has 0 aliphatic heterocycles. The van der Waals surface area contributed by atoms with Crippen molar-refractivity contribution in [1.82, 2.24) is 19.8 Å². The quantitative estimate of drug-likeness (QED) is 0.923. The molecule has 2 aromatic heterocycles. The minimum absolute atomic E-state index is 0.524. The fourth-order valence-corrected chi connectivity index (χ4v) is 2.83. The SMILES string of the molecule is CC(C)Cc1cc2nnc3c(n2n1)CCCC3C(=O)O. The molecule has 2 aromatic rings. The van der Waals surface area contributed by atoms with Crippen molar-refractivity contribution in [2.75, 3.05) is 0 Å². The molecule has 2 heterocycles. The molecule has 1 atom stereocenters. The van der Waals surface area contributed by atoms with Gasteiger partial charge in [-0.15, -0.1) is 5.10 Å². The zero-order chi connectivity index (χ0) is 14.3. The average Bonchev–Trinajstić information content (AvgIpc) is 2.79. The van der Waals surface area contributed by atoms with E-state index in [1.54, 1.807) is 4.52 Å². The zero-order valence-electron chi connectivity index (χ0n) is 11.7. The second-order valence-electron chi connectivity index (χ2n) is 5.82. The van der Waals surface area contributed by atoms with E-state index >= 15 is 0 Å². The molecule has 1 N–H and O–H groups in total. The molecule has 1 aliphatic carbocycles. The highest BCUT2D eigenvalue weighted by atomic mass is 16.4. The summed E-state index contributed by atoms with van der Waals surface area (Å²) in [4.78, 5) is 11.3. The van der Waals surface area contributed by atoms with Gasteiger partial charge in [-0.3, -0.25) is 4.79 Å². The lowest BCUT2D eigenvalue weighted by atomic mass is 9.90. The Balaban J connectivity index is 2.10. The summed E-state index contributed by atoms with van der Waals surface area (Å²) in [6.45, 7) is 4.29. The molecule has 6 nitrogen and oxygen atoms in total. The van der Waals surface area contributed by atoms with E-state index < -0.39 is 11.9 Å². The first kappa shape index (κ1) is 13.0. The maximum Gasteiger partial charge on any atom is 0.312 e. The molecule has 0 saturated carbocycles. The number of aliphatic carboxylic acids is 1. The number of rotatable bonds is 3. The van der Waals surface area contributed by atoms with Crippen LogP contribution in [0.4, 0.5) is 0 Å². The minimum atomic E-state index is -0.825. The van der Waals surface area contributed by atoms with Crippen molar-refractivity contribution in [3.63, 3.8) is 0 Å². The van der Waals surface area contributed by atoms with Gasteiger partial charge in [0.05, 0.1) is 17.1 Å². The predicted molar refractivity (Wildman–Crippen MR) is 72.6 cm³/mol. The topological polar surface area (TPSA) is 80.4 Å². The molecular formula is C14H18N4O2. The van der Waals surface area contributed by atoms with Gasteiger partial charge in [-0.1, -0.05) is 13.8 Å². The van der Waals surface area contributed by atoms with Crippen molar-refractivity contribution in [3.05, 3.63) is 23.1 Å². The first-order valence-corrected chi connectivity index (χ1v) is 7.03. The van der Waals surface area contributed by atoms with Gasteiger partial charge >= 0.3 is 5.97 Å². The molecule has 0 amide bonds. The molecule has 106 valence electrons. The fourth-order valence-electron chi connectivity index (χ4n) is 2.83. The lowest BCUT2D eigenvalue weighted by molar-refractivity contribution is -0.139. The van der Waals surface area contributed by atoms with E-state index in [4.69, 9.17) is 0 Å². The standard InChI is InChI=1S/C14H18N4O2/c1-8(2)6-9-7-12-15-16-13-10(14(19)20)4-3-5-11(13)18(12)17-9/h7-8,10H,3-6H2,1-2H3,(H,19,20). The average molecular weight is 274 g/mol. The van der Waals surface area contributed by atoms with Gasteiger partial charge in [0, 0.05) is 6.07 Å². The Labute approximate surface area is 116 Å². The van der Waals surface area contributed by atoms with Crippen LogP contribution in [0, 0.1) is 5.92 Å². The van der Waals surface area contributed by atoms with Gasteiger partial charge in [0.1, 0.15) is 5.92 Å². The second-order valence-corrected chi connectivity index (χ2v) is 5.82. The van der Waals surface area contributed by atoms with Crippen LogP contribution < -0.4 is 0 Å². The van der Waals surface area contributed by atoms with Crippen molar-refractivity contribution >= 4 is 11.6 Å². The Hall–Kier alpha value is -1.98. The molecule has 0 bridgehead atoms. The number of carboxylic acid groups (broad SMARTS) is 1. The summed E-state index contributed by atoms with van der Waals surface area (Å²) in [6, 6.07) is 1.94. The van der Waals surface area contributed by atoms with Crippen LogP contribution in [-0.4, -0.2) is 30.9 Å². The lowest BCUT2D eigenvalue weighted by Gasteiger charge is -2.20. The summed E-state index contributed by atoms with van der Waals surface area (Å²) >= 11 is 0. The molecule has 3 rings (SSSR count). The van der Waals surface area contributed by atoms with Gasteiger partial charge in [0.15, 0.2) is 5.65 Å². The molecule has 1 aliphatic rings. The molecule has 20 heavy (non-hydrogen) atoms. The Morgan fingerprint density at radius 2 is 2.30 bits per heavy atom. The van der Waals surface area contributed by atoms with E-state index in [2.05, 4.69) is 29.1 Å². The van der Waals surface area contributed by atoms with Crippen LogP contribution >= 0.6 is 0 Å². The fraction of sp³-hybridized carbons (Fsp3) is 0.571. The van der Waals surface area contributed by atoms with Gasteiger partial charge in [-0.05, 0) is 31.6 Å². The van der Waals surface area contributed by atoms with Gasteiger partial charge in [0.2, 0.25) is 0 Å². The van der Waals surface area contributed by atoms with Crippen molar-refractivity contribution in [1.29, 1.82) is 0 Å². The number of aryl methyl sites for hydroxylation is 1. The summed E-state index contributed by atoms with van der Waals surface area (Å²) in [5.41, 5.74) is 3.18. The van der Waals surface area contributed by atoms with Crippen LogP contribution in [0.1, 0.15) is 49.7 Å². The van der Waals surface area contributed by atoms with Crippen LogP contribution in [0.25, 0.3) is 5.65 Å².